The van der Waals surface area contributed by atoms with E-state index in [0.717, 1.165) is 12.5 Å². The van der Waals surface area contributed by atoms with Gasteiger partial charge in [0.25, 0.3) is 16.5 Å². The van der Waals surface area contributed by atoms with Crippen LogP contribution >= 0.6 is 0 Å². The predicted octanol–water partition coefficient (Wildman–Crippen LogP) is 2.88. The summed E-state index contributed by atoms with van der Waals surface area (Å²) >= 11 is 0. The van der Waals surface area contributed by atoms with E-state index >= 15 is 0 Å². The summed E-state index contributed by atoms with van der Waals surface area (Å²) in [4.78, 5) is -0.206. The standard InChI is InChI=1S/C11H12F2O3S/c12-11(13)8-3-1-6-10(7-8)17(14,15)16-9-4-2-5-9/h1,3,6-7,9,11H,2,4-5H2. The van der Waals surface area contributed by atoms with Crippen molar-refractivity contribution in [3.8, 4) is 0 Å². The van der Waals surface area contributed by atoms with Gasteiger partial charge in [-0.3, -0.25) is 4.18 Å². The van der Waals surface area contributed by atoms with E-state index in [0.29, 0.717) is 12.8 Å². The van der Waals surface area contributed by atoms with E-state index in [1.807, 2.05) is 0 Å². The predicted molar refractivity (Wildman–Crippen MR) is 57.3 cm³/mol. The molecular weight excluding hydrogens is 250 g/mol. The maximum atomic E-state index is 12.4. The average Bonchev–Trinajstić information content (AvgIpc) is 2.24. The SMILES string of the molecule is O=S(=O)(OC1CCC1)c1cccc(C(F)F)c1. The third-order valence-corrected chi connectivity index (χ3v) is 4.07. The maximum Gasteiger partial charge on any atom is 0.297 e. The maximum absolute atomic E-state index is 12.4. The van der Waals surface area contributed by atoms with Gasteiger partial charge in [-0.15, -0.1) is 0 Å². The van der Waals surface area contributed by atoms with Crippen LogP contribution in [-0.2, 0) is 14.3 Å². The van der Waals surface area contributed by atoms with E-state index in [1.54, 1.807) is 0 Å². The fourth-order valence-corrected chi connectivity index (χ4v) is 2.70. The highest BCUT2D eigenvalue weighted by Gasteiger charge is 2.27. The Bertz CT molecular complexity index is 495. The Balaban J connectivity index is 2.22. The Morgan fingerprint density at radius 2 is 2.00 bits per heavy atom. The molecule has 0 bridgehead atoms. The Kier molecular flexibility index (Phi) is 3.44. The Labute approximate surface area is 98.5 Å². The molecule has 1 saturated carbocycles. The lowest BCUT2D eigenvalue weighted by atomic mass is 9.97. The molecule has 0 heterocycles. The van der Waals surface area contributed by atoms with Crippen molar-refractivity contribution in [3.05, 3.63) is 29.8 Å². The highest BCUT2D eigenvalue weighted by atomic mass is 32.2. The Morgan fingerprint density at radius 1 is 1.29 bits per heavy atom. The molecule has 0 unspecified atom stereocenters. The molecule has 2 rings (SSSR count). The zero-order valence-electron chi connectivity index (χ0n) is 8.97. The molecule has 1 aromatic rings. The summed E-state index contributed by atoms with van der Waals surface area (Å²) in [6.45, 7) is 0. The molecule has 0 radical (unpaired) electrons. The van der Waals surface area contributed by atoms with Gasteiger partial charge in [0.1, 0.15) is 0 Å². The summed E-state index contributed by atoms with van der Waals surface area (Å²) in [7, 11) is -3.91. The normalized spacial score (nSPS) is 17.1. The van der Waals surface area contributed by atoms with E-state index in [4.69, 9.17) is 4.18 Å². The van der Waals surface area contributed by atoms with Crippen LogP contribution in [0.4, 0.5) is 8.78 Å². The van der Waals surface area contributed by atoms with Crippen molar-refractivity contribution in [2.75, 3.05) is 0 Å². The number of rotatable bonds is 4. The third-order valence-electron chi connectivity index (χ3n) is 2.71. The quantitative estimate of drug-likeness (QED) is 0.784. The molecule has 0 spiro atoms. The van der Waals surface area contributed by atoms with Gasteiger partial charge in [-0.25, -0.2) is 8.78 Å². The molecule has 6 heteroatoms. The number of halogens is 2. The molecule has 3 nitrogen and oxygen atoms in total. The van der Waals surface area contributed by atoms with Crippen LogP contribution in [0.25, 0.3) is 0 Å². The van der Waals surface area contributed by atoms with Crippen molar-refractivity contribution >= 4 is 10.1 Å². The topological polar surface area (TPSA) is 43.4 Å². The molecule has 1 aliphatic rings. The van der Waals surface area contributed by atoms with Crippen LogP contribution in [0.3, 0.4) is 0 Å². The minimum atomic E-state index is -3.91. The van der Waals surface area contributed by atoms with Crippen LogP contribution in [0.15, 0.2) is 29.2 Å². The smallest absolute Gasteiger partial charge is 0.263 e. The van der Waals surface area contributed by atoms with Gasteiger partial charge < -0.3 is 0 Å². The van der Waals surface area contributed by atoms with Crippen molar-refractivity contribution < 1.29 is 21.4 Å². The van der Waals surface area contributed by atoms with Gasteiger partial charge in [0.15, 0.2) is 0 Å². The number of benzene rings is 1. The largest absolute Gasteiger partial charge is 0.297 e. The van der Waals surface area contributed by atoms with Crippen LogP contribution in [0, 0.1) is 0 Å². The van der Waals surface area contributed by atoms with Crippen molar-refractivity contribution in [1.82, 2.24) is 0 Å². The molecule has 94 valence electrons. The molecule has 17 heavy (non-hydrogen) atoms. The van der Waals surface area contributed by atoms with Crippen LogP contribution in [0.2, 0.25) is 0 Å². The summed E-state index contributed by atoms with van der Waals surface area (Å²) in [5, 5.41) is 0. The highest BCUT2D eigenvalue weighted by molar-refractivity contribution is 7.86. The second-order valence-corrected chi connectivity index (χ2v) is 5.55. The summed E-state index contributed by atoms with van der Waals surface area (Å²) in [5.74, 6) is 0. The van der Waals surface area contributed by atoms with Gasteiger partial charge in [-0.05, 0) is 31.4 Å². The van der Waals surface area contributed by atoms with Gasteiger partial charge >= 0.3 is 0 Å². The van der Waals surface area contributed by atoms with E-state index in [9.17, 15) is 17.2 Å². The first-order valence-electron chi connectivity index (χ1n) is 5.30. The lowest BCUT2D eigenvalue weighted by Crippen LogP contribution is -2.25. The Hall–Kier alpha value is -1.01. The fourth-order valence-electron chi connectivity index (χ4n) is 1.51. The van der Waals surface area contributed by atoms with Gasteiger partial charge in [0, 0.05) is 5.56 Å². The summed E-state index contributed by atoms with van der Waals surface area (Å²) in [6, 6.07) is 4.70. The number of alkyl halides is 2. The molecular formula is C11H12F2O3S. The van der Waals surface area contributed by atoms with E-state index < -0.39 is 16.5 Å². The van der Waals surface area contributed by atoms with Gasteiger partial charge in [0.05, 0.1) is 11.0 Å². The molecule has 0 atom stereocenters. The molecule has 0 amide bonds. The molecule has 1 aromatic carbocycles. The average molecular weight is 262 g/mol. The van der Waals surface area contributed by atoms with Crippen LogP contribution in [-0.4, -0.2) is 14.5 Å². The first kappa shape index (κ1) is 12.4. The Morgan fingerprint density at radius 3 is 2.53 bits per heavy atom. The molecule has 0 N–H and O–H groups in total. The first-order chi connectivity index (χ1) is 7.99. The molecule has 0 saturated heterocycles. The monoisotopic (exact) mass is 262 g/mol. The van der Waals surface area contributed by atoms with E-state index in [-0.39, 0.29) is 16.6 Å². The third kappa shape index (κ3) is 2.81. The van der Waals surface area contributed by atoms with Crippen LogP contribution in [0.1, 0.15) is 31.3 Å². The lowest BCUT2D eigenvalue weighted by Gasteiger charge is -2.24. The summed E-state index contributed by atoms with van der Waals surface area (Å²) in [6.07, 6.45) is -0.636. The first-order valence-corrected chi connectivity index (χ1v) is 6.71. The molecule has 0 aliphatic heterocycles. The van der Waals surface area contributed by atoms with E-state index in [1.165, 1.54) is 18.2 Å². The van der Waals surface area contributed by atoms with E-state index in [2.05, 4.69) is 0 Å². The molecule has 1 aliphatic carbocycles. The number of hydrogen-bond donors (Lipinski definition) is 0. The second-order valence-electron chi connectivity index (χ2n) is 3.98. The zero-order valence-corrected chi connectivity index (χ0v) is 9.79. The van der Waals surface area contributed by atoms with Gasteiger partial charge in [0.2, 0.25) is 0 Å². The summed E-state index contributed by atoms with van der Waals surface area (Å²) in [5.41, 5.74) is -0.316. The van der Waals surface area contributed by atoms with Crippen molar-refractivity contribution in [1.29, 1.82) is 0 Å². The molecule has 1 fully saturated rings. The molecule has 0 aromatic heterocycles. The second kappa shape index (κ2) is 4.70. The van der Waals surface area contributed by atoms with Crippen molar-refractivity contribution in [2.24, 2.45) is 0 Å². The highest BCUT2D eigenvalue weighted by Crippen LogP contribution is 2.28. The van der Waals surface area contributed by atoms with Crippen LogP contribution in [0.5, 0.6) is 0 Å². The van der Waals surface area contributed by atoms with Gasteiger partial charge in [-0.2, -0.15) is 8.42 Å². The summed E-state index contributed by atoms with van der Waals surface area (Å²) < 4.78 is 53.3. The lowest BCUT2D eigenvalue weighted by molar-refractivity contribution is 0.127. The minimum Gasteiger partial charge on any atom is -0.263 e. The minimum absolute atomic E-state index is 0.206. The fraction of sp³-hybridized carbons (Fsp3) is 0.455. The zero-order chi connectivity index (χ0) is 12.5. The van der Waals surface area contributed by atoms with Crippen molar-refractivity contribution in [3.63, 3.8) is 0 Å². The van der Waals surface area contributed by atoms with Crippen molar-refractivity contribution in [2.45, 2.75) is 36.7 Å². The van der Waals surface area contributed by atoms with Crippen LogP contribution < -0.4 is 0 Å². The number of hydrogen-bond acceptors (Lipinski definition) is 3. The van der Waals surface area contributed by atoms with Gasteiger partial charge in [-0.1, -0.05) is 12.1 Å².